The second-order valence-corrected chi connectivity index (χ2v) is 6.82. The summed E-state index contributed by atoms with van der Waals surface area (Å²) in [5.41, 5.74) is 0.189. The first kappa shape index (κ1) is 23.4. The molecule has 4 rings (SSSR count). The first-order valence-electron chi connectivity index (χ1n) is 9.69. The molecular formula is C24H18F3NO5. The minimum Gasteiger partial charge on any atom is -0.478 e. The van der Waals surface area contributed by atoms with E-state index in [1.54, 1.807) is 25.3 Å². The Morgan fingerprint density at radius 2 is 1.61 bits per heavy atom. The third-order valence-corrected chi connectivity index (χ3v) is 4.70. The number of nitrogens with one attached hydrogen (secondary N) is 1. The number of rotatable bonds is 5. The number of aromatic amines is 1. The number of carbonyl (C=O) groups is 2. The summed E-state index contributed by atoms with van der Waals surface area (Å²) in [6.45, 7) is 1.56. The van der Waals surface area contributed by atoms with Gasteiger partial charge >= 0.3 is 11.9 Å². The van der Waals surface area contributed by atoms with Crippen LogP contribution in [0.2, 0.25) is 0 Å². The number of aromatic nitrogens is 1. The number of hydrogen-bond acceptors (Lipinski definition) is 3. The van der Waals surface area contributed by atoms with Crippen LogP contribution >= 0.6 is 0 Å². The highest BCUT2D eigenvalue weighted by molar-refractivity contribution is 5.91. The third kappa shape index (κ3) is 5.32. The standard InChI is InChI=1S/C15H10FNO3.C9H8F2O2/c16-10-1-3-12(15(18)19)14(8-10)20-11-2-4-13-9(7-11)5-6-17-13;1-2-5-7(10)4-3-6(8(5)11)9(12)13/h1-8,17H,(H,18,19);3-4H,2H2,1H3,(H,12,13). The number of carboxylic acid groups (broad SMARTS) is 2. The van der Waals surface area contributed by atoms with Gasteiger partial charge in [-0.05, 0) is 55.0 Å². The summed E-state index contributed by atoms with van der Waals surface area (Å²) in [6, 6.07) is 12.3. The average molecular weight is 457 g/mol. The van der Waals surface area contributed by atoms with Crippen molar-refractivity contribution >= 4 is 22.8 Å². The molecule has 3 aromatic carbocycles. The van der Waals surface area contributed by atoms with E-state index in [1.165, 1.54) is 6.07 Å². The maximum absolute atomic E-state index is 13.2. The number of hydrogen-bond donors (Lipinski definition) is 3. The molecule has 0 saturated heterocycles. The largest absolute Gasteiger partial charge is 0.478 e. The molecule has 1 heterocycles. The molecule has 0 spiro atoms. The van der Waals surface area contributed by atoms with Gasteiger partial charge in [0, 0.05) is 28.7 Å². The highest BCUT2D eigenvalue weighted by Gasteiger charge is 2.16. The lowest BCUT2D eigenvalue weighted by Crippen LogP contribution is -2.05. The number of aromatic carboxylic acids is 2. The highest BCUT2D eigenvalue weighted by Crippen LogP contribution is 2.28. The number of halogens is 3. The van der Waals surface area contributed by atoms with Gasteiger partial charge in [-0.15, -0.1) is 0 Å². The summed E-state index contributed by atoms with van der Waals surface area (Å²) in [6.07, 6.45) is 1.93. The first-order valence-corrected chi connectivity index (χ1v) is 9.69. The van der Waals surface area contributed by atoms with Gasteiger partial charge in [0.25, 0.3) is 0 Å². The van der Waals surface area contributed by atoms with Crippen LogP contribution in [0.4, 0.5) is 13.2 Å². The molecule has 0 saturated carbocycles. The Balaban J connectivity index is 0.000000205. The number of ether oxygens (including phenoxy) is 1. The van der Waals surface area contributed by atoms with Crippen molar-refractivity contribution in [1.82, 2.24) is 4.98 Å². The lowest BCUT2D eigenvalue weighted by Gasteiger charge is -2.09. The second kappa shape index (κ2) is 9.90. The van der Waals surface area contributed by atoms with Crippen molar-refractivity contribution in [3.63, 3.8) is 0 Å². The molecule has 0 atom stereocenters. The van der Waals surface area contributed by atoms with Crippen LogP contribution in [0.1, 0.15) is 33.2 Å². The van der Waals surface area contributed by atoms with Crippen molar-refractivity contribution in [3.8, 4) is 11.5 Å². The van der Waals surface area contributed by atoms with E-state index < -0.39 is 35.0 Å². The van der Waals surface area contributed by atoms with Gasteiger partial charge in [-0.25, -0.2) is 22.8 Å². The van der Waals surface area contributed by atoms with E-state index in [0.717, 1.165) is 35.2 Å². The zero-order valence-corrected chi connectivity index (χ0v) is 17.2. The Kier molecular flexibility index (Phi) is 7.02. The molecule has 9 heteroatoms. The summed E-state index contributed by atoms with van der Waals surface area (Å²) in [7, 11) is 0. The predicted octanol–water partition coefficient (Wildman–Crippen LogP) is 6.02. The van der Waals surface area contributed by atoms with Gasteiger partial charge in [-0.3, -0.25) is 0 Å². The van der Waals surface area contributed by atoms with E-state index in [-0.39, 0.29) is 23.3 Å². The zero-order chi connectivity index (χ0) is 24.1. The minimum absolute atomic E-state index is 0.0209. The lowest BCUT2D eigenvalue weighted by atomic mass is 10.1. The number of benzene rings is 3. The minimum atomic E-state index is -1.38. The Hall–Kier alpha value is -4.27. The van der Waals surface area contributed by atoms with Gasteiger partial charge in [0.1, 0.15) is 34.5 Å². The molecule has 170 valence electrons. The molecule has 0 fully saturated rings. The molecule has 0 amide bonds. The summed E-state index contributed by atoms with van der Waals surface area (Å²) < 4.78 is 44.8. The van der Waals surface area contributed by atoms with E-state index in [1.807, 2.05) is 12.1 Å². The number of H-pyrrole nitrogens is 1. The molecule has 0 aliphatic carbocycles. The van der Waals surface area contributed by atoms with Crippen molar-refractivity contribution in [2.24, 2.45) is 0 Å². The van der Waals surface area contributed by atoms with Crippen LogP contribution in [0, 0.1) is 17.5 Å². The van der Waals surface area contributed by atoms with Crippen LogP contribution in [0.15, 0.2) is 60.8 Å². The van der Waals surface area contributed by atoms with Crippen LogP contribution in [0.25, 0.3) is 10.9 Å². The molecule has 33 heavy (non-hydrogen) atoms. The lowest BCUT2D eigenvalue weighted by molar-refractivity contribution is 0.0681. The summed E-state index contributed by atoms with van der Waals surface area (Å²) in [5.74, 6) is -4.35. The molecular weight excluding hydrogens is 439 g/mol. The van der Waals surface area contributed by atoms with Gasteiger partial charge in [-0.2, -0.15) is 0 Å². The van der Waals surface area contributed by atoms with Crippen molar-refractivity contribution in [1.29, 1.82) is 0 Å². The van der Waals surface area contributed by atoms with Crippen LogP contribution in [0.3, 0.4) is 0 Å². The topological polar surface area (TPSA) is 99.6 Å². The Labute approximate surface area is 185 Å². The van der Waals surface area contributed by atoms with E-state index >= 15 is 0 Å². The predicted molar refractivity (Wildman–Crippen MR) is 114 cm³/mol. The van der Waals surface area contributed by atoms with Crippen LogP contribution < -0.4 is 4.74 Å². The van der Waals surface area contributed by atoms with Crippen LogP contribution in [-0.2, 0) is 6.42 Å². The van der Waals surface area contributed by atoms with Gasteiger partial charge in [0.2, 0.25) is 0 Å². The molecule has 0 aliphatic rings. The SMILES string of the molecule is CCc1c(F)ccc(C(=O)O)c1F.O=C(O)c1ccc(F)cc1Oc1ccc2[nH]ccc2c1. The van der Waals surface area contributed by atoms with Crippen molar-refractivity contribution in [2.45, 2.75) is 13.3 Å². The number of fused-ring (bicyclic) bond motifs is 1. The van der Waals surface area contributed by atoms with Crippen molar-refractivity contribution in [3.05, 3.63) is 94.9 Å². The monoisotopic (exact) mass is 457 g/mol. The summed E-state index contributed by atoms with van der Waals surface area (Å²) in [5, 5.41) is 18.5. The van der Waals surface area contributed by atoms with E-state index in [0.29, 0.717) is 5.75 Å². The fraction of sp³-hybridized carbons (Fsp3) is 0.0833. The Morgan fingerprint density at radius 1 is 0.909 bits per heavy atom. The van der Waals surface area contributed by atoms with Crippen LogP contribution in [0.5, 0.6) is 11.5 Å². The van der Waals surface area contributed by atoms with E-state index in [2.05, 4.69) is 4.98 Å². The maximum Gasteiger partial charge on any atom is 0.339 e. The Morgan fingerprint density at radius 3 is 2.27 bits per heavy atom. The fourth-order valence-electron chi connectivity index (χ4n) is 3.07. The van der Waals surface area contributed by atoms with Gasteiger partial charge in [0.05, 0.1) is 5.56 Å². The molecule has 4 aromatic rings. The molecule has 0 aliphatic heterocycles. The van der Waals surface area contributed by atoms with E-state index in [9.17, 15) is 22.8 Å². The summed E-state index contributed by atoms with van der Waals surface area (Å²) in [4.78, 5) is 24.6. The van der Waals surface area contributed by atoms with Gasteiger partial charge < -0.3 is 19.9 Å². The molecule has 0 radical (unpaired) electrons. The van der Waals surface area contributed by atoms with Gasteiger partial charge in [-0.1, -0.05) is 6.92 Å². The Bertz CT molecular complexity index is 1330. The average Bonchev–Trinajstić information content (AvgIpc) is 3.22. The number of carboxylic acids is 2. The maximum atomic E-state index is 13.2. The van der Waals surface area contributed by atoms with Crippen LogP contribution in [-0.4, -0.2) is 27.1 Å². The normalized spacial score (nSPS) is 10.4. The van der Waals surface area contributed by atoms with E-state index in [4.69, 9.17) is 14.9 Å². The fourth-order valence-corrected chi connectivity index (χ4v) is 3.07. The van der Waals surface area contributed by atoms with Crippen molar-refractivity contribution < 1.29 is 37.7 Å². The molecule has 1 aromatic heterocycles. The second-order valence-electron chi connectivity index (χ2n) is 6.82. The highest BCUT2D eigenvalue weighted by atomic mass is 19.1. The van der Waals surface area contributed by atoms with Gasteiger partial charge in [0.15, 0.2) is 0 Å². The first-order chi connectivity index (χ1) is 15.7. The smallest absolute Gasteiger partial charge is 0.339 e. The molecule has 6 nitrogen and oxygen atoms in total. The summed E-state index contributed by atoms with van der Waals surface area (Å²) >= 11 is 0. The van der Waals surface area contributed by atoms with Crippen molar-refractivity contribution in [2.75, 3.05) is 0 Å². The third-order valence-electron chi connectivity index (χ3n) is 4.70. The molecule has 0 unspecified atom stereocenters. The molecule has 3 N–H and O–H groups in total. The molecule has 0 bridgehead atoms. The quantitative estimate of drug-likeness (QED) is 0.340. The zero-order valence-electron chi connectivity index (χ0n) is 17.2.